The predicted octanol–water partition coefficient (Wildman–Crippen LogP) is 3.98. The van der Waals surface area contributed by atoms with Crippen molar-refractivity contribution in [2.45, 2.75) is 30.8 Å². The molecular weight excluding hydrogens is 505 g/mol. The van der Waals surface area contributed by atoms with E-state index in [1.54, 1.807) is 48.8 Å². The summed E-state index contributed by atoms with van der Waals surface area (Å²) in [5, 5.41) is 11.7. The van der Waals surface area contributed by atoms with Gasteiger partial charge in [0.05, 0.1) is 16.3 Å². The number of rotatable bonds is 5. The topological polar surface area (TPSA) is 122 Å². The highest BCUT2D eigenvalue weighted by atomic mass is 32.2. The zero-order valence-electron chi connectivity index (χ0n) is 20.8. The first-order chi connectivity index (χ1) is 18.2. The van der Waals surface area contributed by atoms with Gasteiger partial charge >= 0.3 is 0 Å². The molecule has 5 rings (SSSR count). The molecule has 2 atom stereocenters. The second-order valence-corrected chi connectivity index (χ2v) is 11.5. The number of halogens is 1. The van der Waals surface area contributed by atoms with Gasteiger partial charge in [0.2, 0.25) is 10.0 Å². The fourth-order valence-corrected chi connectivity index (χ4v) is 6.77. The van der Waals surface area contributed by atoms with Gasteiger partial charge in [-0.15, -0.1) is 0 Å². The molecule has 1 aliphatic carbocycles. The van der Waals surface area contributed by atoms with E-state index >= 15 is 0 Å². The van der Waals surface area contributed by atoms with Gasteiger partial charge in [-0.05, 0) is 85.6 Å². The molecule has 38 heavy (non-hydrogen) atoms. The minimum atomic E-state index is -3.84. The number of nitrogens with zero attached hydrogens (tertiary/aromatic N) is 4. The summed E-state index contributed by atoms with van der Waals surface area (Å²) in [7, 11) is -3.84. The van der Waals surface area contributed by atoms with Crippen LogP contribution in [0.15, 0.2) is 100 Å². The monoisotopic (exact) mass is 533 g/mol. The van der Waals surface area contributed by atoms with Crippen LogP contribution < -0.4 is 5.73 Å². The van der Waals surface area contributed by atoms with E-state index in [0.717, 1.165) is 11.1 Å². The Hall–Kier alpha value is -3.73. The van der Waals surface area contributed by atoms with Crippen LogP contribution in [0.1, 0.15) is 30.3 Å². The van der Waals surface area contributed by atoms with Gasteiger partial charge in [0.25, 0.3) is 0 Å². The van der Waals surface area contributed by atoms with Crippen molar-refractivity contribution in [2.75, 3.05) is 13.1 Å². The number of fused-ring (bicyclic) bond motifs is 1. The van der Waals surface area contributed by atoms with Crippen LogP contribution in [0.2, 0.25) is 0 Å². The Bertz CT molecular complexity index is 1540. The van der Waals surface area contributed by atoms with Crippen molar-refractivity contribution in [3.8, 4) is 0 Å². The number of piperidine rings is 1. The van der Waals surface area contributed by atoms with E-state index in [4.69, 9.17) is 5.73 Å². The summed E-state index contributed by atoms with van der Waals surface area (Å²) in [5.41, 5.74) is 8.41. The lowest BCUT2D eigenvalue weighted by Crippen LogP contribution is -2.52. The first-order valence-electron chi connectivity index (χ1n) is 12.2. The van der Waals surface area contributed by atoms with Crippen molar-refractivity contribution < 1.29 is 17.9 Å². The fourth-order valence-electron chi connectivity index (χ4n) is 5.15. The third kappa shape index (κ3) is 4.78. The Balaban J connectivity index is 1.61. The zero-order valence-corrected chi connectivity index (χ0v) is 21.6. The fraction of sp³-hybridized carbons (Fsp3) is 0.250. The second-order valence-electron chi connectivity index (χ2n) is 9.58. The summed E-state index contributed by atoms with van der Waals surface area (Å²) in [5.74, 6) is -0.166. The summed E-state index contributed by atoms with van der Waals surface area (Å²) in [6.45, 7) is 2.09. The number of allylic oxidation sites excluding steroid dienone is 2. The van der Waals surface area contributed by atoms with E-state index < -0.39 is 21.5 Å². The molecule has 0 bridgehead atoms. The average Bonchev–Trinajstić information content (AvgIpc) is 2.93. The quantitative estimate of drug-likeness (QED) is 0.512. The Labute approximate surface area is 221 Å². The van der Waals surface area contributed by atoms with Crippen LogP contribution in [-0.4, -0.2) is 46.6 Å². The van der Waals surface area contributed by atoms with Gasteiger partial charge in [0.15, 0.2) is 5.82 Å². The van der Waals surface area contributed by atoms with Crippen molar-refractivity contribution in [1.29, 1.82) is 0 Å². The number of aliphatic hydroxyl groups is 1. The Morgan fingerprint density at radius 3 is 2.58 bits per heavy atom. The van der Waals surface area contributed by atoms with Crippen molar-refractivity contribution in [1.82, 2.24) is 14.3 Å². The largest absolute Gasteiger partial charge is 0.404 e. The van der Waals surface area contributed by atoms with E-state index in [9.17, 15) is 17.9 Å². The molecule has 0 amide bonds. The molecule has 1 fully saturated rings. The average molecular weight is 534 g/mol. The molecule has 1 unspecified atom stereocenters. The third-order valence-corrected chi connectivity index (χ3v) is 8.97. The molecule has 2 aliphatic rings. The Morgan fingerprint density at radius 2 is 1.89 bits per heavy atom. The molecule has 196 valence electrons. The van der Waals surface area contributed by atoms with Gasteiger partial charge < -0.3 is 10.8 Å². The van der Waals surface area contributed by atoms with Crippen molar-refractivity contribution in [2.24, 2.45) is 16.1 Å². The molecule has 1 aliphatic heterocycles. The van der Waals surface area contributed by atoms with E-state index in [1.807, 2.05) is 19.1 Å². The SMILES string of the molecule is Cc1cccc(S(=O)(=O)N2CCC3=CC(=Nc4ccc(F)cc4)/C(=C\N)C[C@]3(C(O)c3ncccn3)C2)c1. The smallest absolute Gasteiger partial charge is 0.243 e. The molecular formula is C28H28FN5O3S. The van der Waals surface area contributed by atoms with Gasteiger partial charge in [-0.2, -0.15) is 4.31 Å². The molecule has 0 saturated carbocycles. The number of aliphatic hydroxyl groups excluding tert-OH is 1. The molecule has 1 saturated heterocycles. The molecule has 0 radical (unpaired) electrons. The summed E-state index contributed by atoms with van der Waals surface area (Å²) in [6.07, 6.45) is 5.74. The van der Waals surface area contributed by atoms with Gasteiger partial charge in [0, 0.05) is 30.9 Å². The highest BCUT2D eigenvalue weighted by Crippen LogP contribution is 2.52. The van der Waals surface area contributed by atoms with Gasteiger partial charge in [-0.25, -0.2) is 27.8 Å². The molecule has 10 heteroatoms. The highest BCUT2D eigenvalue weighted by molar-refractivity contribution is 7.89. The standard InChI is InChI=1S/C28H28FN5O3S/c1-19-4-2-5-24(14-19)38(36,37)34-13-10-21-15-25(33-23-8-6-22(29)7-9-23)20(17-30)16-28(21,18-34)26(35)27-31-11-3-12-32-27/h2-9,11-12,14-15,17,26,35H,10,13,16,18,30H2,1H3/b20-17-,33-25?/t26?,28-/m0/s1. The van der Waals surface area contributed by atoms with E-state index in [-0.39, 0.29) is 36.0 Å². The number of aryl methyl sites for hydroxylation is 1. The predicted molar refractivity (Wildman–Crippen MR) is 142 cm³/mol. The molecule has 1 aromatic heterocycles. The van der Waals surface area contributed by atoms with Crippen LogP contribution in [0, 0.1) is 18.2 Å². The van der Waals surface area contributed by atoms with Crippen molar-refractivity contribution in [3.05, 3.63) is 108 Å². The van der Waals surface area contributed by atoms with E-state index in [0.29, 0.717) is 23.4 Å². The Morgan fingerprint density at radius 1 is 1.16 bits per heavy atom. The number of nitrogens with two attached hydrogens (primary N) is 1. The van der Waals surface area contributed by atoms with Crippen molar-refractivity contribution >= 4 is 21.4 Å². The van der Waals surface area contributed by atoms with Gasteiger partial charge in [0.1, 0.15) is 11.9 Å². The van der Waals surface area contributed by atoms with Crippen LogP contribution >= 0.6 is 0 Å². The molecule has 8 nitrogen and oxygen atoms in total. The lowest BCUT2D eigenvalue weighted by Gasteiger charge is -2.48. The first kappa shape index (κ1) is 25.9. The number of hydrogen-bond acceptors (Lipinski definition) is 7. The Kier molecular flexibility index (Phi) is 6.95. The maximum Gasteiger partial charge on any atom is 0.243 e. The maximum atomic E-state index is 13.7. The summed E-state index contributed by atoms with van der Waals surface area (Å²) in [6, 6.07) is 14.2. The summed E-state index contributed by atoms with van der Waals surface area (Å²) in [4.78, 5) is 13.4. The normalized spacial score (nSPS) is 23.2. The number of benzene rings is 2. The minimum Gasteiger partial charge on any atom is -0.404 e. The maximum absolute atomic E-state index is 13.7. The number of aromatic nitrogens is 2. The molecule has 3 N–H and O–H groups in total. The minimum absolute atomic E-state index is 0.00962. The number of sulfonamides is 1. The molecule has 2 heterocycles. The van der Waals surface area contributed by atoms with Crippen LogP contribution in [0.25, 0.3) is 0 Å². The highest BCUT2D eigenvalue weighted by Gasteiger charge is 2.51. The van der Waals surface area contributed by atoms with E-state index in [2.05, 4.69) is 15.0 Å². The van der Waals surface area contributed by atoms with Gasteiger partial charge in [-0.3, -0.25) is 0 Å². The zero-order chi connectivity index (χ0) is 26.9. The van der Waals surface area contributed by atoms with Crippen LogP contribution in [0.3, 0.4) is 0 Å². The molecule has 2 aromatic carbocycles. The molecule has 3 aromatic rings. The number of aliphatic imine (C=N–C) groups is 1. The second kappa shape index (κ2) is 10.2. The molecule has 0 spiro atoms. The lowest BCUT2D eigenvalue weighted by molar-refractivity contribution is 0.0157. The van der Waals surface area contributed by atoms with Crippen LogP contribution in [0.4, 0.5) is 10.1 Å². The van der Waals surface area contributed by atoms with E-state index in [1.165, 1.54) is 22.6 Å². The number of hydrogen-bond donors (Lipinski definition) is 2. The van der Waals surface area contributed by atoms with Crippen LogP contribution in [0.5, 0.6) is 0 Å². The first-order valence-corrected chi connectivity index (χ1v) is 13.7. The van der Waals surface area contributed by atoms with Crippen LogP contribution in [-0.2, 0) is 10.0 Å². The van der Waals surface area contributed by atoms with Gasteiger partial charge in [-0.1, -0.05) is 17.7 Å². The lowest BCUT2D eigenvalue weighted by atomic mass is 9.64. The summed E-state index contributed by atoms with van der Waals surface area (Å²) < 4.78 is 42.2. The third-order valence-electron chi connectivity index (χ3n) is 7.13. The summed E-state index contributed by atoms with van der Waals surface area (Å²) >= 11 is 0. The van der Waals surface area contributed by atoms with Crippen molar-refractivity contribution in [3.63, 3.8) is 0 Å².